The van der Waals surface area contributed by atoms with Crippen molar-refractivity contribution < 1.29 is 23.8 Å². The average molecular weight is 363 g/mol. The number of carbonyl (C=O) groups excluding carboxylic acids is 1. The first-order valence-electron chi connectivity index (χ1n) is 9.10. The van der Waals surface area contributed by atoms with E-state index in [2.05, 4.69) is 20.8 Å². The summed E-state index contributed by atoms with van der Waals surface area (Å²) in [6.45, 7) is 6.59. The third-order valence-electron chi connectivity index (χ3n) is 5.85. The topological polar surface area (TPSA) is 66.8 Å². The molecule has 1 spiro atoms. The number of carbonyl (C=O) groups is 2. The van der Waals surface area contributed by atoms with E-state index in [1.54, 1.807) is 0 Å². The van der Waals surface area contributed by atoms with Gasteiger partial charge in [-0.25, -0.2) is 9.18 Å². The zero-order chi connectivity index (χ0) is 19.1. The van der Waals surface area contributed by atoms with Crippen LogP contribution < -0.4 is 0 Å². The Labute approximate surface area is 153 Å². The number of rotatable bonds is 2. The van der Waals surface area contributed by atoms with E-state index in [1.807, 2.05) is 0 Å². The van der Waals surface area contributed by atoms with Gasteiger partial charge in [0.05, 0.1) is 6.61 Å². The minimum absolute atomic E-state index is 0.0115. The van der Waals surface area contributed by atoms with E-state index in [0.717, 1.165) is 12.8 Å². The minimum atomic E-state index is -1.07. The molecule has 1 atom stereocenters. The molecule has 3 rings (SSSR count). The van der Waals surface area contributed by atoms with Crippen molar-refractivity contribution in [1.29, 1.82) is 0 Å². The summed E-state index contributed by atoms with van der Waals surface area (Å²) >= 11 is 0. The van der Waals surface area contributed by atoms with Gasteiger partial charge in [0.1, 0.15) is 11.5 Å². The van der Waals surface area contributed by atoms with Crippen molar-refractivity contribution in [3.05, 3.63) is 35.6 Å². The predicted molar refractivity (Wildman–Crippen MR) is 94.1 cm³/mol. The molecule has 26 heavy (non-hydrogen) atoms. The van der Waals surface area contributed by atoms with Crippen LogP contribution in [0.2, 0.25) is 0 Å². The lowest BCUT2D eigenvalue weighted by Crippen LogP contribution is -2.55. The summed E-state index contributed by atoms with van der Waals surface area (Å²) in [5, 5.41) is 9.58. The highest BCUT2D eigenvalue weighted by Gasteiger charge is 2.54. The Morgan fingerprint density at radius 1 is 1.19 bits per heavy atom. The average Bonchev–Trinajstić information content (AvgIpc) is 2.93. The fourth-order valence-electron chi connectivity index (χ4n) is 4.22. The van der Waals surface area contributed by atoms with Gasteiger partial charge in [0.25, 0.3) is 5.91 Å². The first-order chi connectivity index (χ1) is 12.1. The van der Waals surface area contributed by atoms with Gasteiger partial charge in [0.15, 0.2) is 6.04 Å². The van der Waals surface area contributed by atoms with E-state index in [4.69, 9.17) is 4.74 Å². The van der Waals surface area contributed by atoms with Crippen LogP contribution in [0.25, 0.3) is 0 Å². The number of hydrogen-bond acceptors (Lipinski definition) is 3. The summed E-state index contributed by atoms with van der Waals surface area (Å²) in [4.78, 5) is 26.2. The molecule has 0 unspecified atom stereocenters. The van der Waals surface area contributed by atoms with Gasteiger partial charge < -0.3 is 9.84 Å². The number of carboxylic acid groups (broad SMARTS) is 1. The number of halogens is 1. The van der Waals surface area contributed by atoms with Gasteiger partial charge in [-0.1, -0.05) is 20.8 Å². The van der Waals surface area contributed by atoms with E-state index in [0.29, 0.717) is 18.8 Å². The highest BCUT2D eigenvalue weighted by Crippen LogP contribution is 2.47. The van der Waals surface area contributed by atoms with E-state index in [-0.39, 0.29) is 17.6 Å². The van der Waals surface area contributed by atoms with Crippen molar-refractivity contribution in [2.75, 3.05) is 6.61 Å². The van der Waals surface area contributed by atoms with E-state index in [1.165, 1.54) is 29.2 Å². The standard InChI is InChI=1S/C20H26FNO4/c1-19(2,3)14-8-10-20(11-9-14)22(16(12-26-20)18(24)25)17(23)13-4-6-15(21)7-5-13/h4-7,14,16H,8-12H2,1-3H3,(H,24,25)/t14?,16-,20?/m1/s1. The second-order valence-electron chi connectivity index (χ2n) is 8.43. The van der Waals surface area contributed by atoms with E-state index < -0.39 is 29.5 Å². The highest BCUT2D eigenvalue weighted by molar-refractivity contribution is 5.97. The van der Waals surface area contributed by atoms with Crippen LogP contribution in [-0.2, 0) is 9.53 Å². The molecule has 1 aliphatic carbocycles. The molecule has 1 heterocycles. The third kappa shape index (κ3) is 3.34. The predicted octanol–water partition coefficient (Wildman–Crippen LogP) is 3.68. The fraction of sp³-hybridized carbons (Fsp3) is 0.600. The molecule has 6 heteroatoms. The molecule has 0 radical (unpaired) electrons. The van der Waals surface area contributed by atoms with E-state index in [9.17, 15) is 19.1 Å². The summed E-state index contributed by atoms with van der Waals surface area (Å²) in [7, 11) is 0. The van der Waals surface area contributed by atoms with Crippen LogP contribution in [0.15, 0.2) is 24.3 Å². The zero-order valence-corrected chi connectivity index (χ0v) is 15.5. The lowest BCUT2D eigenvalue weighted by atomic mass is 9.70. The second-order valence-corrected chi connectivity index (χ2v) is 8.43. The van der Waals surface area contributed by atoms with Crippen molar-refractivity contribution >= 4 is 11.9 Å². The quantitative estimate of drug-likeness (QED) is 0.870. The summed E-state index contributed by atoms with van der Waals surface area (Å²) in [6, 6.07) is 4.19. The molecule has 0 bridgehead atoms. The van der Waals surface area contributed by atoms with Crippen molar-refractivity contribution in [2.45, 2.75) is 58.2 Å². The monoisotopic (exact) mass is 363 g/mol. The van der Waals surface area contributed by atoms with Crippen molar-refractivity contribution in [1.82, 2.24) is 4.90 Å². The van der Waals surface area contributed by atoms with Crippen molar-refractivity contribution in [2.24, 2.45) is 11.3 Å². The molecule has 2 fully saturated rings. The summed E-state index contributed by atoms with van der Waals surface area (Å²) < 4.78 is 19.1. The molecule has 0 aromatic heterocycles. The van der Waals surface area contributed by atoms with Gasteiger partial charge in [0.2, 0.25) is 0 Å². The Bertz CT molecular complexity index is 687. The van der Waals surface area contributed by atoms with Crippen molar-refractivity contribution in [3.63, 3.8) is 0 Å². The van der Waals surface area contributed by atoms with Crippen LogP contribution in [0.1, 0.15) is 56.8 Å². The number of hydrogen-bond donors (Lipinski definition) is 1. The first-order valence-corrected chi connectivity index (χ1v) is 9.10. The summed E-state index contributed by atoms with van der Waals surface area (Å²) in [6.07, 6.45) is 2.99. The fourth-order valence-corrected chi connectivity index (χ4v) is 4.22. The smallest absolute Gasteiger partial charge is 0.328 e. The Kier molecular flexibility index (Phi) is 4.82. The molecule has 1 aromatic rings. The van der Waals surface area contributed by atoms with Crippen molar-refractivity contribution in [3.8, 4) is 0 Å². The number of carboxylic acids is 1. The highest BCUT2D eigenvalue weighted by atomic mass is 19.1. The van der Waals surface area contributed by atoms with Crippen LogP contribution in [-0.4, -0.2) is 40.3 Å². The number of nitrogens with zero attached hydrogens (tertiary/aromatic N) is 1. The summed E-state index contributed by atoms with van der Waals surface area (Å²) in [5.41, 5.74) is -0.436. The lowest BCUT2D eigenvalue weighted by Gasteiger charge is -2.46. The van der Waals surface area contributed by atoms with Gasteiger partial charge in [-0.3, -0.25) is 9.69 Å². The normalized spacial score (nSPS) is 29.2. The third-order valence-corrected chi connectivity index (χ3v) is 5.85. The molecule has 1 aliphatic heterocycles. The number of amides is 1. The maximum Gasteiger partial charge on any atom is 0.328 e. The molecule has 1 saturated heterocycles. The van der Waals surface area contributed by atoms with Crippen LogP contribution >= 0.6 is 0 Å². The Morgan fingerprint density at radius 2 is 1.77 bits per heavy atom. The Balaban J connectivity index is 1.89. The SMILES string of the molecule is CC(C)(C)C1CCC2(CC1)OC[C@H](C(=O)O)N2C(=O)c1ccc(F)cc1. The molecular formula is C20H26FNO4. The Hall–Kier alpha value is -1.95. The Morgan fingerprint density at radius 3 is 2.27 bits per heavy atom. The summed E-state index contributed by atoms with van der Waals surface area (Å²) in [5.74, 6) is -1.42. The molecule has 5 nitrogen and oxygen atoms in total. The lowest BCUT2D eigenvalue weighted by molar-refractivity contribution is -0.144. The zero-order valence-electron chi connectivity index (χ0n) is 15.5. The van der Waals surface area contributed by atoms with Gasteiger partial charge in [-0.2, -0.15) is 0 Å². The molecule has 1 saturated carbocycles. The minimum Gasteiger partial charge on any atom is -0.480 e. The van der Waals surface area contributed by atoms with Crippen LogP contribution in [0, 0.1) is 17.2 Å². The maximum atomic E-state index is 13.2. The largest absolute Gasteiger partial charge is 0.480 e. The van der Waals surface area contributed by atoms with Crippen LogP contribution in [0.4, 0.5) is 4.39 Å². The molecule has 142 valence electrons. The van der Waals surface area contributed by atoms with Crippen LogP contribution in [0.3, 0.4) is 0 Å². The molecular weight excluding hydrogens is 337 g/mol. The first kappa shape index (κ1) is 18.8. The van der Waals surface area contributed by atoms with Crippen LogP contribution in [0.5, 0.6) is 0 Å². The maximum absolute atomic E-state index is 13.2. The molecule has 1 aromatic carbocycles. The van der Waals surface area contributed by atoms with Gasteiger partial charge >= 0.3 is 5.97 Å². The van der Waals surface area contributed by atoms with Gasteiger partial charge in [-0.15, -0.1) is 0 Å². The van der Waals surface area contributed by atoms with Gasteiger partial charge in [0, 0.05) is 5.56 Å². The molecule has 2 aliphatic rings. The number of benzene rings is 1. The molecule has 1 N–H and O–H groups in total. The molecule has 1 amide bonds. The van der Waals surface area contributed by atoms with Gasteiger partial charge in [-0.05, 0) is 61.3 Å². The van der Waals surface area contributed by atoms with E-state index >= 15 is 0 Å². The number of aliphatic carboxylic acids is 1. The second kappa shape index (κ2) is 6.65. The number of ether oxygens (including phenoxy) is 1.